The topological polar surface area (TPSA) is 96.0 Å². The Balaban J connectivity index is 1.36. The van der Waals surface area contributed by atoms with Gasteiger partial charge in [-0.3, -0.25) is 9.78 Å². The van der Waals surface area contributed by atoms with Crippen LogP contribution in [0.3, 0.4) is 0 Å². The second-order valence-electron chi connectivity index (χ2n) is 13.3. The molecule has 5 unspecified atom stereocenters. The lowest BCUT2D eigenvalue weighted by molar-refractivity contribution is -0.143. The van der Waals surface area contributed by atoms with E-state index in [9.17, 15) is 22.8 Å². The van der Waals surface area contributed by atoms with Gasteiger partial charge in [-0.15, -0.1) is 0 Å². The second kappa shape index (κ2) is 11.3. The SMILES string of the molecule is COC1COCCC1NC1CC2CN(C(=O)NCC(C)(C)C)CC2(C(=O)N2CCc3ncc(C(F)(F)F)cc3C2)C1. The van der Waals surface area contributed by atoms with Crippen molar-refractivity contribution in [1.82, 2.24) is 25.4 Å². The lowest BCUT2D eigenvalue weighted by atomic mass is 9.78. The van der Waals surface area contributed by atoms with Crippen LogP contribution in [0, 0.1) is 16.7 Å². The van der Waals surface area contributed by atoms with Gasteiger partial charge in [0.15, 0.2) is 0 Å². The zero-order chi connectivity index (χ0) is 29.6. The van der Waals surface area contributed by atoms with Gasteiger partial charge in [0.05, 0.1) is 23.7 Å². The number of fused-ring (bicyclic) bond motifs is 2. The Morgan fingerprint density at radius 2 is 2.02 bits per heavy atom. The Kier molecular flexibility index (Phi) is 8.30. The highest BCUT2D eigenvalue weighted by Crippen LogP contribution is 2.51. The summed E-state index contributed by atoms with van der Waals surface area (Å²) in [4.78, 5) is 35.0. The molecule has 1 aromatic heterocycles. The van der Waals surface area contributed by atoms with Gasteiger partial charge in [0, 0.05) is 76.8 Å². The summed E-state index contributed by atoms with van der Waals surface area (Å²) >= 11 is 0. The molecule has 5 atom stereocenters. The first-order valence-electron chi connectivity index (χ1n) is 14.5. The highest BCUT2D eigenvalue weighted by atomic mass is 19.4. The largest absolute Gasteiger partial charge is 0.417 e. The van der Waals surface area contributed by atoms with E-state index in [1.54, 1.807) is 16.9 Å². The lowest BCUT2D eigenvalue weighted by Crippen LogP contribution is -2.53. The number of alkyl halides is 3. The fourth-order valence-corrected chi connectivity index (χ4v) is 6.94. The van der Waals surface area contributed by atoms with Crippen LogP contribution in [0.15, 0.2) is 12.3 Å². The first-order chi connectivity index (χ1) is 19.3. The van der Waals surface area contributed by atoms with Gasteiger partial charge in [-0.2, -0.15) is 13.2 Å². The van der Waals surface area contributed by atoms with Gasteiger partial charge in [0.25, 0.3) is 0 Å². The number of ether oxygens (including phenoxy) is 2. The Labute approximate surface area is 239 Å². The number of hydrogen-bond acceptors (Lipinski definition) is 6. The average molecular weight is 582 g/mol. The molecule has 1 saturated carbocycles. The molecule has 0 radical (unpaired) electrons. The molecule has 0 spiro atoms. The summed E-state index contributed by atoms with van der Waals surface area (Å²) in [5.41, 5.74) is -0.667. The van der Waals surface area contributed by atoms with E-state index < -0.39 is 17.2 Å². The molecule has 0 aromatic carbocycles. The van der Waals surface area contributed by atoms with Crippen molar-refractivity contribution in [2.24, 2.45) is 16.7 Å². The second-order valence-corrected chi connectivity index (χ2v) is 13.3. The summed E-state index contributed by atoms with van der Waals surface area (Å²) in [6.45, 7) is 9.02. The molecule has 1 aromatic rings. The maximum atomic E-state index is 14.4. The van der Waals surface area contributed by atoms with Gasteiger partial charge >= 0.3 is 12.2 Å². The van der Waals surface area contributed by atoms with Gasteiger partial charge < -0.3 is 29.9 Å². The number of methoxy groups -OCH3 is 1. The highest BCUT2D eigenvalue weighted by Gasteiger charge is 2.60. The predicted octanol–water partition coefficient (Wildman–Crippen LogP) is 3.21. The van der Waals surface area contributed by atoms with Crippen LogP contribution < -0.4 is 10.6 Å². The molecule has 4 aliphatic rings. The van der Waals surface area contributed by atoms with Crippen molar-refractivity contribution in [2.75, 3.05) is 46.5 Å². The molecule has 12 heteroatoms. The van der Waals surface area contributed by atoms with Crippen molar-refractivity contribution in [3.63, 3.8) is 0 Å². The van der Waals surface area contributed by atoms with E-state index in [2.05, 4.69) is 15.6 Å². The maximum absolute atomic E-state index is 14.4. The Bertz CT molecular complexity index is 1140. The predicted molar refractivity (Wildman–Crippen MR) is 145 cm³/mol. The summed E-state index contributed by atoms with van der Waals surface area (Å²) in [6.07, 6.45) is -1.23. The number of likely N-dealkylation sites (tertiary alicyclic amines) is 1. The Hall–Kier alpha value is -2.44. The molecule has 3 fully saturated rings. The first kappa shape index (κ1) is 30.0. The number of nitrogens with one attached hydrogen (secondary N) is 2. The number of aromatic nitrogens is 1. The Morgan fingerprint density at radius 1 is 1.24 bits per heavy atom. The van der Waals surface area contributed by atoms with Crippen molar-refractivity contribution in [2.45, 2.75) is 77.4 Å². The van der Waals surface area contributed by atoms with Crippen molar-refractivity contribution < 1.29 is 32.2 Å². The zero-order valence-electron chi connectivity index (χ0n) is 24.4. The molecule has 228 valence electrons. The molecule has 5 rings (SSSR count). The van der Waals surface area contributed by atoms with Gasteiger partial charge in [-0.05, 0) is 42.2 Å². The van der Waals surface area contributed by atoms with Crippen LogP contribution in [0.25, 0.3) is 0 Å². The summed E-state index contributed by atoms with van der Waals surface area (Å²) in [7, 11) is 1.67. The van der Waals surface area contributed by atoms with Crippen molar-refractivity contribution >= 4 is 11.9 Å². The van der Waals surface area contributed by atoms with Gasteiger partial charge in [0.2, 0.25) is 5.91 Å². The molecular weight excluding hydrogens is 539 g/mol. The molecule has 3 aliphatic heterocycles. The minimum Gasteiger partial charge on any atom is -0.379 e. The van der Waals surface area contributed by atoms with Crippen molar-refractivity contribution in [3.05, 3.63) is 29.1 Å². The fourth-order valence-electron chi connectivity index (χ4n) is 6.94. The van der Waals surface area contributed by atoms with E-state index >= 15 is 0 Å². The molecular formula is C29H42F3N5O4. The quantitative estimate of drug-likeness (QED) is 0.555. The molecule has 3 amide bonds. The van der Waals surface area contributed by atoms with E-state index in [1.165, 1.54) is 0 Å². The highest BCUT2D eigenvalue weighted by molar-refractivity contribution is 5.86. The standard InChI is InChI=1S/C29H42F3N5O4/c1-27(2,3)16-34-26(39)37-14-20-10-21(35-23-6-8-41-15-24(23)40-4)11-28(20,17-37)25(38)36-7-5-22-18(13-36)9-19(12-33-22)29(30,31)32/h9,12,20-21,23-24,35H,5-8,10-11,13-17H2,1-4H3,(H,34,39). The van der Waals surface area contributed by atoms with E-state index in [0.717, 1.165) is 25.1 Å². The van der Waals surface area contributed by atoms with E-state index in [-0.39, 0.29) is 54.5 Å². The Morgan fingerprint density at radius 3 is 2.73 bits per heavy atom. The van der Waals surface area contributed by atoms with Crippen LogP contribution in [-0.2, 0) is 33.4 Å². The number of pyridine rings is 1. The number of halogens is 3. The van der Waals surface area contributed by atoms with Crippen LogP contribution in [0.5, 0.6) is 0 Å². The number of carbonyl (C=O) groups excluding carboxylic acids is 2. The molecule has 9 nitrogen and oxygen atoms in total. The molecule has 0 bridgehead atoms. The third kappa shape index (κ3) is 6.34. The number of rotatable bonds is 5. The summed E-state index contributed by atoms with van der Waals surface area (Å²) < 4.78 is 51.4. The smallest absolute Gasteiger partial charge is 0.379 e. The third-order valence-corrected chi connectivity index (χ3v) is 9.07. The molecule has 1 aliphatic carbocycles. The monoisotopic (exact) mass is 581 g/mol. The fraction of sp³-hybridized carbons (Fsp3) is 0.759. The summed E-state index contributed by atoms with van der Waals surface area (Å²) in [6, 6.07) is 1.09. The number of carbonyl (C=O) groups is 2. The summed E-state index contributed by atoms with van der Waals surface area (Å²) in [5, 5.41) is 6.74. The zero-order valence-corrected chi connectivity index (χ0v) is 24.4. The normalized spacial score (nSPS) is 30.2. The van der Waals surface area contributed by atoms with Crippen LogP contribution >= 0.6 is 0 Å². The number of amides is 3. The summed E-state index contributed by atoms with van der Waals surface area (Å²) in [5.74, 6) is -0.147. The van der Waals surface area contributed by atoms with Gasteiger partial charge in [-0.1, -0.05) is 20.8 Å². The van der Waals surface area contributed by atoms with Crippen LogP contribution in [0.2, 0.25) is 0 Å². The third-order valence-electron chi connectivity index (χ3n) is 9.07. The van der Waals surface area contributed by atoms with Gasteiger partial charge in [0.1, 0.15) is 0 Å². The molecule has 41 heavy (non-hydrogen) atoms. The van der Waals surface area contributed by atoms with Crippen molar-refractivity contribution in [3.8, 4) is 0 Å². The van der Waals surface area contributed by atoms with Crippen LogP contribution in [-0.4, -0.2) is 91.4 Å². The van der Waals surface area contributed by atoms with Crippen LogP contribution in [0.4, 0.5) is 18.0 Å². The van der Waals surface area contributed by atoms with E-state index in [4.69, 9.17) is 9.47 Å². The molecule has 2 saturated heterocycles. The number of nitrogens with zero attached hydrogens (tertiary/aromatic N) is 3. The van der Waals surface area contributed by atoms with Gasteiger partial charge in [-0.25, -0.2) is 4.79 Å². The average Bonchev–Trinajstić information content (AvgIpc) is 3.45. The van der Waals surface area contributed by atoms with E-state index in [0.29, 0.717) is 56.9 Å². The molecule has 4 heterocycles. The molecule has 2 N–H and O–H groups in total. The minimum atomic E-state index is -4.50. The number of hydrogen-bond donors (Lipinski definition) is 2. The number of urea groups is 1. The van der Waals surface area contributed by atoms with E-state index in [1.807, 2.05) is 20.8 Å². The first-order valence-corrected chi connectivity index (χ1v) is 14.5. The minimum absolute atomic E-state index is 0.0556. The lowest BCUT2D eigenvalue weighted by Gasteiger charge is -2.38. The van der Waals surface area contributed by atoms with Crippen molar-refractivity contribution in [1.29, 1.82) is 0 Å². The maximum Gasteiger partial charge on any atom is 0.417 e. The van der Waals surface area contributed by atoms with Crippen LogP contribution in [0.1, 0.15) is 56.9 Å².